The zero-order chi connectivity index (χ0) is 15.0. The van der Waals surface area contributed by atoms with E-state index in [1.807, 2.05) is 10.6 Å². The maximum absolute atomic E-state index is 13.7. The van der Waals surface area contributed by atoms with Gasteiger partial charge >= 0.3 is 0 Å². The molecule has 0 amide bonds. The molecule has 0 aliphatic heterocycles. The molecule has 108 valence electrons. The van der Waals surface area contributed by atoms with Crippen LogP contribution in [0.4, 0.5) is 10.3 Å². The second-order valence-electron chi connectivity index (χ2n) is 5.12. The molecular weight excluding hydrogens is 333 g/mol. The number of nitrogens with two attached hydrogens (primary N) is 1. The summed E-state index contributed by atoms with van der Waals surface area (Å²) in [5, 5.41) is 0. The van der Waals surface area contributed by atoms with E-state index in [1.54, 1.807) is 6.07 Å². The third-order valence-electron chi connectivity index (χ3n) is 3.53. The van der Waals surface area contributed by atoms with Gasteiger partial charge in [0.15, 0.2) is 0 Å². The number of anilines is 1. The Bertz CT molecular complexity index is 811. The highest BCUT2D eigenvalue weighted by Gasteiger charge is 2.11. The van der Waals surface area contributed by atoms with Crippen molar-refractivity contribution in [3.63, 3.8) is 0 Å². The molecular formula is C16H15BrFN3. The molecule has 1 heterocycles. The van der Waals surface area contributed by atoms with Crippen LogP contribution in [-0.2, 0) is 13.0 Å². The van der Waals surface area contributed by atoms with Gasteiger partial charge in [0.05, 0.1) is 15.5 Å². The van der Waals surface area contributed by atoms with E-state index in [1.165, 1.54) is 17.2 Å². The normalized spacial score (nSPS) is 11.2. The number of nitrogens with zero attached hydrogens (tertiary/aromatic N) is 2. The zero-order valence-electron chi connectivity index (χ0n) is 11.6. The van der Waals surface area contributed by atoms with Crippen LogP contribution in [0.15, 0.2) is 40.9 Å². The summed E-state index contributed by atoms with van der Waals surface area (Å²) in [5.74, 6) is 0.106. The molecule has 0 saturated carbocycles. The van der Waals surface area contributed by atoms with Crippen LogP contribution < -0.4 is 5.73 Å². The Kier molecular flexibility index (Phi) is 3.68. The van der Waals surface area contributed by atoms with Crippen molar-refractivity contribution in [3.8, 4) is 0 Å². The Labute approximate surface area is 130 Å². The molecule has 0 fully saturated rings. The van der Waals surface area contributed by atoms with Crippen LogP contribution in [0.1, 0.15) is 11.1 Å². The van der Waals surface area contributed by atoms with E-state index in [4.69, 9.17) is 5.73 Å². The summed E-state index contributed by atoms with van der Waals surface area (Å²) in [6.45, 7) is 2.74. The van der Waals surface area contributed by atoms with Gasteiger partial charge in [-0.05, 0) is 40.9 Å². The van der Waals surface area contributed by atoms with Crippen molar-refractivity contribution < 1.29 is 4.39 Å². The van der Waals surface area contributed by atoms with Crippen LogP contribution in [0.2, 0.25) is 0 Å². The van der Waals surface area contributed by atoms with E-state index < -0.39 is 0 Å². The van der Waals surface area contributed by atoms with E-state index in [-0.39, 0.29) is 5.82 Å². The van der Waals surface area contributed by atoms with Gasteiger partial charge < -0.3 is 10.3 Å². The predicted molar refractivity (Wildman–Crippen MR) is 86.7 cm³/mol. The molecule has 3 rings (SSSR count). The lowest BCUT2D eigenvalue weighted by Gasteiger charge is -2.07. The highest BCUT2D eigenvalue weighted by atomic mass is 79.9. The number of imidazole rings is 1. The van der Waals surface area contributed by atoms with Crippen molar-refractivity contribution in [2.24, 2.45) is 0 Å². The van der Waals surface area contributed by atoms with Crippen molar-refractivity contribution in [3.05, 3.63) is 57.8 Å². The summed E-state index contributed by atoms with van der Waals surface area (Å²) < 4.78 is 16.0. The maximum Gasteiger partial charge on any atom is 0.201 e. The lowest BCUT2D eigenvalue weighted by atomic mass is 10.1. The van der Waals surface area contributed by atoms with Crippen LogP contribution in [0, 0.1) is 12.7 Å². The lowest BCUT2D eigenvalue weighted by molar-refractivity contribution is 0.621. The van der Waals surface area contributed by atoms with E-state index in [0.29, 0.717) is 22.5 Å². The minimum absolute atomic E-state index is 0.306. The first kappa shape index (κ1) is 14.1. The molecule has 2 N–H and O–H groups in total. The number of rotatable bonds is 3. The number of hydrogen-bond donors (Lipinski definition) is 1. The van der Waals surface area contributed by atoms with Crippen molar-refractivity contribution >= 4 is 32.9 Å². The van der Waals surface area contributed by atoms with Gasteiger partial charge in [0.1, 0.15) is 5.82 Å². The molecule has 0 aliphatic carbocycles. The van der Waals surface area contributed by atoms with Gasteiger partial charge in [0.2, 0.25) is 5.95 Å². The fourth-order valence-electron chi connectivity index (χ4n) is 2.48. The molecule has 0 radical (unpaired) electrons. The Morgan fingerprint density at radius 1 is 1.29 bits per heavy atom. The summed E-state index contributed by atoms with van der Waals surface area (Å²) in [7, 11) is 0. The number of aromatic nitrogens is 2. The van der Waals surface area contributed by atoms with Gasteiger partial charge in [-0.15, -0.1) is 0 Å². The Balaban J connectivity index is 1.93. The monoisotopic (exact) mass is 347 g/mol. The quantitative estimate of drug-likeness (QED) is 0.775. The fourth-order valence-corrected chi connectivity index (χ4v) is 2.81. The average Bonchev–Trinajstić information content (AvgIpc) is 2.72. The van der Waals surface area contributed by atoms with Crippen LogP contribution in [0.25, 0.3) is 11.0 Å². The van der Waals surface area contributed by atoms with Gasteiger partial charge in [-0.2, -0.15) is 0 Å². The fraction of sp³-hybridized carbons (Fsp3) is 0.188. The van der Waals surface area contributed by atoms with Crippen LogP contribution in [0.5, 0.6) is 0 Å². The Morgan fingerprint density at radius 3 is 2.86 bits per heavy atom. The molecule has 5 heteroatoms. The molecule has 21 heavy (non-hydrogen) atoms. The Morgan fingerprint density at radius 2 is 2.10 bits per heavy atom. The molecule has 1 aromatic heterocycles. The first-order valence-electron chi connectivity index (χ1n) is 6.71. The number of benzene rings is 2. The second kappa shape index (κ2) is 5.48. The van der Waals surface area contributed by atoms with Crippen molar-refractivity contribution in [1.29, 1.82) is 0 Å². The second-order valence-corrected chi connectivity index (χ2v) is 5.97. The molecule has 0 spiro atoms. The van der Waals surface area contributed by atoms with E-state index in [9.17, 15) is 4.39 Å². The summed E-state index contributed by atoms with van der Waals surface area (Å²) >= 11 is 3.17. The first-order valence-corrected chi connectivity index (χ1v) is 7.50. The summed E-state index contributed by atoms with van der Waals surface area (Å²) in [5.41, 5.74) is 9.84. The van der Waals surface area contributed by atoms with Crippen molar-refractivity contribution in [2.45, 2.75) is 19.9 Å². The number of fused-ring (bicyclic) bond motifs is 1. The average molecular weight is 348 g/mol. The highest BCUT2D eigenvalue weighted by Crippen LogP contribution is 2.25. The third-order valence-corrected chi connectivity index (χ3v) is 4.13. The van der Waals surface area contributed by atoms with Gasteiger partial charge in [0.25, 0.3) is 0 Å². The van der Waals surface area contributed by atoms with E-state index in [2.05, 4.69) is 46.0 Å². The molecule has 3 aromatic rings. The topological polar surface area (TPSA) is 43.8 Å². The van der Waals surface area contributed by atoms with E-state index in [0.717, 1.165) is 11.9 Å². The van der Waals surface area contributed by atoms with Gasteiger partial charge in [-0.25, -0.2) is 9.37 Å². The summed E-state index contributed by atoms with van der Waals surface area (Å²) in [6, 6.07) is 11.5. The number of hydrogen-bond acceptors (Lipinski definition) is 2. The van der Waals surface area contributed by atoms with Crippen molar-refractivity contribution in [2.75, 3.05) is 5.73 Å². The predicted octanol–water partition coefficient (Wildman–Crippen LogP) is 4.07. The van der Waals surface area contributed by atoms with Gasteiger partial charge in [-0.1, -0.05) is 29.8 Å². The third kappa shape index (κ3) is 2.78. The molecule has 0 aliphatic rings. The number of aryl methyl sites for hydroxylation is 3. The highest BCUT2D eigenvalue weighted by molar-refractivity contribution is 9.10. The summed E-state index contributed by atoms with van der Waals surface area (Å²) in [4.78, 5) is 4.29. The van der Waals surface area contributed by atoms with Crippen LogP contribution >= 0.6 is 15.9 Å². The van der Waals surface area contributed by atoms with E-state index >= 15 is 0 Å². The molecule has 3 nitrogen and oxygen atoms in total. The Hall–Kier alpha value is -1.88. The minimum Gasteiger partial charge on any atom is -0.369 e. The van der Waals surface area contributed by atoms with Gasteiger partial charge in [-0.3, -0.25) is 0 Å². The summed E-state index contributed by atoms with van der Waals surface area (Å²) in [6.07, 6.45) is 0.828. The first-order chi connectivity index (χ1) is 10.0. The lowest BCUT2D eigenvalue weighted by Crippen LogP contribution is -2.06. The maximum atomic E-state index is 13.7. The molecule has 0 unspecified atom stereocenters. The number of halogens is 2. The molecule has 2 aromatic carbocycles. The molecule has 0 atom stereocenters. The van der Waals surface area contributed by atoms with Gasteiger partial charge in [0, 0.05) is 12.6 Å². The SMILES string of the molecule is Cc1cccc(CCn2c(N)nc3cc(Br)c(F)cc32)c1. The number of nitrogen functional groups attached to an aromatic ring is 1. The molecule has 0 saturated heterocycles. The van der Waals surface area contributed by atoms with Crippen molar-refractivity contribution in [1.82, 2.24) is 9.55 Å². The molecule has 0 bridgehead atoms. The van der Waals surface area contributed by atoms with Crippen LogP contribution in [0.3, 0.4) is 0 Å². The minimum atomic E-state index is -0.306. The largest absolute Gasteiger partial charge is 0.369 e. The van der Waals surface area contributed by atoms with Crippen LogP contribution in [-0.4, -0.2) is 9.55 Å². The smallest absolute Gasteiger partial charge is 0.201 e. The standard InChI is InChI=1S/C16H15BrFN3/c1-10-3-2-4-11(7-10)5-6-21-15-9-13(18)12(17)8-14(15)20-16(21)19/h2-4,7-9H,5-6H2,1H3,(H2,19,20). The zero-order valence-corrected chi connectivity index (χ0v) is 13.2.